The van der Waals surface area contributed by atoms with Gasteiger partial charge >= 0.3 is 0 Å². The molecule has 1 aliphatic heterocycles. The van der Waals surface area contributed by atoms with Crippen LogP contribution in [0.2, 0.25) is 0 Å². The lowest BCUT2D eigenvalue weighted by Crippen LogP contribution is -2.34. The molecule has 0 bridgehead atoms. The van der Waals surface area contributed by atoms with Gasteiger partial charge in [0, 0.05) is 54.7 Å². The molecule has 2 aromatic heterocycles. The Morgan fingerprint density at radius 2 is 2.10 bits per heavy atom. The van der Waals surface area contributed by atoms with Gasteiger partial charge in [0.2, 0.25) is 0 Å². The number of aromatic amines is 1. The molecule has 0 radical (unpaired) electrons. The van der Waals surface area contributed by atoms with Crippen LogP contribution in [0.3, 0.4) is 0 Å². The first kappa shape index (κ1) is 20.1. The molecule has 7 nitrogen and oxygen atoms in total. The van der Waals surface area contributed by atoms with Gasteiger partial charge in [-0.05, 0) is 37.6 Å². The Bertz CT molecular complexity index is 1050. The van der Waals surface area contributed by atoms with Gasteiger partial charge in [0.15, 0.2) is 0 Å². The number of pyridine rings is 1. The van der Waals surface area contributed by atoms with Gasteiger partial charge in [0.25, 0.3) is 5.56 Å². The fourth-order valence-corrected chi connectivity index (χ4v) is 3.99. The highest BCUT2D eigenvalue weighted by molar-refractivity contribution is 5.52. The van der Waals surface area contributed by atoms with Crippen LogP contribution in [0.5, 0.6) is 11.5 Å². The minimum Gasteiger partial charge on any atom is -0.497 e. The maximum Gasteiger partial charge on any atom is 0.251 e. The number of nitrogens with one attached hydrogen (secondary N) is 1. The molecule has 4 rings (SSSR count). The molecule has 0 aliphatic carbocycles. The number of hydrogen-bond acceptors (Lipinski definition) is 6. The first-order chi connectivity index (χ1) is 14.7. The number of benzene rings is 1. The van der Waals surface area contributed by atoms with Crippen molar-refractivity contribution >= 4 is 0 Å². The van der Waals surface area contributed by atoms with Crippen molar-refractivity contribution in [3.63, 3.8) is 0 Å². The fourth-order valence-electron chi connectivity index (χ4n) is 3.99. The van der Waals surface area contributed by atoms with E-state index in [4.69, 9.17) is 14.5 Å². The fraction of sp³-hybridized carbons (Fsp3) is 0.348. The highest BCUT2D eigenvalue weighted by Crippen LogP contribution is 2.30. The van der Waals surface area contributed by atoms with E-state index in [-0.39, 0.29) is 11.5 Å². The third kappa shape index (κ3) is 4.52. The normalized spacial score (nSPS) is 16.9. The number of aromatic nitrogens is 3. The second-order valence-corrected chi connectivity index (χ2v) is 7.51. The molecule has 1 aromatic carbocycles. The summed E-state index contributed by atoms with van der Waals surface area (Å²) in [5.74, 6) is 2.38. The summed E-state index contributed by atoms with van der Waals surface area (Å²) in [6.45, 7) is 2.63. The van der Waals surface area contributed by atoms with Crippen molar-refractivity contribution in [1.82, 2.24) is 19.9 Å². The summed E-state index contributed by atoms with van der Waals surface area (Å²) in [7, 11) is 3.33. The van der Waals surface area contributed by atoms with E-state index in [0.717, 1.165) is 60.8 Å². The van der Waals surface area contributed by atoms with E-state index in [0.29, 0.717) is 5.82 Å². The Kier molecular flexibility index (Phi) is 6.09. The summed E-state index contributed by atoms with van der Waals surface area (Å²) in [6, 6.07) is 11.3. The molecule has 3 aromatic rings. The lowest BCUT2D eigenvalue weighted by atomic mass is 9.94. The predicted molar refractivity (Wildman–Crippen MR) is 115 cm³/mol. The largest absolute Gasteiger partial charge is 0.497 e. The zero-order valence-corrected chi connectivity index (χ0v) is 17.3. The predicted octanol–water partition coefficient (Wildman–Crippen LogP) is 3.23. The van der Waals surface area contributed by atoms with Crippen molar-refractivity contribution in [1.29, 1.82) is 0 Å². The minimum absolute atomic E-state index is 0.132. The van der Waals surface area contributed by atoms with Gasteiger partial charge in [-0.3, -0.25) is 14.7 Å². The average molecular weight is 406 g/mol. The molecule has 1 aliphatic rings. The quantitative estimate of drug-likeness (QED) is 0.677. The number of hydrogen-bond donors (Lipinski definition) is 1. The number of ether oxygens (including phenoxy) is 2. The third-order valence-corrected chi connectivity index (χ3v) is 5.51. The van der Waals surface area contributed by atoms with Gasteiger partial charge < -0.3 is 14.5 Å². The zero-order chi connectivity index (χ0) is 20.9. The molecule has 0 spiro atoms. The van der Waals surface area contributed by atoms with Crippen molar-refractivity contribution in [3.8, 4) is 22.9 Å². The summed E-state index contributed by atoms with van der Waals surface area (Å²) in [5, 5.41) is 0. The van der Waals surface area contributed by atoms with E-state index >= 15 is 0 Å². The molecule has 1 unspecified atom stereocenters. The van der Waals surface area contributed by atoms with Crippen LogP contribution in [0.1, 0.15) is 30.0 Å². The maximum absolute atomic E-state index is 12.3. The van der Waals surface area contributed by atoms with Crippen molar-refractivity contribution in [3.05, 3.63) is 70.4 Å². The highest BCUT2D eigenvalue weighted by atomic mass is 16.5. The number of H-pyrrole nitrogens is 1. The molecule has 0 amide bonds. The van der Waals surface area contributed by atoms with Crippen LogP contribution in [0.15, 0.2) is 53.6 Å². The van der Waals surface area contributed by atoms with Crippen LogP contribution in [-0.4, -0.2) is 47.2 Å². The number of piperidine rings is 1. The van der Waals surface area contributed by atoms with Gasteiger partial charge in [-0.1, -0.05) is 6.07 Å². The van der Waals surface area contributed by atoms with E-state index in [1.807, 2.05) is 30.3 Å². The molecule has 1 atom stereocenters. The van der Waals surface area contributed by atoms with Crippen molar-refractivity contribution in [2.75, 3.05) is 27.3 Å². The van der Waals surface area contributed by atoms with Crippen LogP contribution in [0.25, 0.3) is 11.4 Å². The molecule has 0 saturated carbocycles. The Morgan fingerprint density at radius 1 is 1.20 bits per heavy atom. The SMILES string of the molecule is COc1ccc(CN2CCCC(c3cc(=O)[nH]c(-c4cccnc4)n3)C2)c(OC)c1. The smallest absolute Gasteiger partial charge is 0.251 e. The summed E-state index contributed by atoms with van der Waals surface area (Å²) in [4.78, 5) is 26.4. The summed E-state index contributed by atoms with van der Waals surface area (Å²) >= 11 is 0. The summed E-state index contributed by atoms with van der Waals surface area (Å²) in [5.41, 5.74) is 2.64. The van der Waals surface area contributed by atoms with Crippen LogP contribution in [0.4, 0.5) is 0 Å². The first-order valence-electron chi connectivity index (χ1n) is 10.1. The van der Waals surface area contributed by atoms with Crippen LogP contribution in [-0.2, 0) is 6.54 Å². The number of nitrogens with zero attached hydrogens (tertiary/aromatic N) is 3. The van der Waals surface area contributed by atoms with E-state index in [1.54, 1.807) is 32.7 Å². The van der Waals surface area contributed by atoms with Gasteiger partial charge in [-0.25, -0.2) is 4.98 Å². The molecule has 156 valence electrons. The van der Waals surface area contributed by atoms with Crippen LogP contribution < -0.4 is 15.0 Å². The second kappa shape index (κ2) is 9.09. The van der Waals surface area contributed by atoms with Crippen molar-refractivity contribution in [2.45, 2.75) is 25.3 Å². The standard InChI is InChI=1S/C23H26N4O3/c1-29-19-8-7-18(21(11-19)30-2)15-27-10-4-6-17(14-27)20-12-22(28)26-23(25-20)16-5-3-9-24-13-16/h3,5,7-9,11-13,17H,4,6,10,14-15H2,1-2H3,(H,25,26,28). The highest BCUT2D eigenvalue weighted by Gasteiger charge is 2.24. The lowest BCUT2D eigenvalue weighted by Gasteiger charge is -2.32. The number of rotatable bonds is 6. The molecule has 1 saturated heterocycles. The average Bonchev–Trinajstić information content (AvgIpc) is 2.79. The Hall–Kier alpha value is -3.19. The maximum atomic E-state index is 12.3. The molecule has 1 N–H and O–H groups in total. The zero-order valence-electron chi connectivity index (χ0n) is 17.3. The second-order valence-electron chi connectivity index (χ2n) is 7.51. The molecular weight excluding hydrogens is 380 g/mol. The van der Waals surface area contributed by atoms with Gasteiger partial charge in [0.05, 0.1) is 19.9 Å². The van der Waals surface area contributed by atoms with Crippen molar-refractivity contribution in [2.24, 2.45) is 0 Å². The van der Waals surface area contributed by atoms with E-state index in [9.17, 15) is 4.79 Å². The molecule has 30 heavy (non-hydrogen) atoms. The number of likely N-dealkylation sites (tertiary alicyclic amines) is 1. The Labute approximate surface area is 175 Å². The van der Waals surface area contributed by atoms with E-state index in [1.165, 1.54) is 0 Å². The number of methoxy groups -OCH3 is 2. The van der Waals surface area contributed by atoms with Gasteiger partial charge in [-0.2, -0.15) is 0 Å². The molecule has 1 fully saturated rings. The van der Waals surface area contributed by atoms with Crippen LogP contribution in [0, 0.1) is 0 Å². The van der Waals surface area contributed by atoms with E-state index in [2.05, 4.69) is 14.9 Å². The molecular formula is C23H26N4O3. The van der Waals surface area contributed by atoms with E-state index < -0.39 is 0 Å². The van der Waals surface area contributed by atoms with Crippen LogP contribution >= 0.6 is 0 Å². The van der Waals surface area contributed by atoms with Crippen molar-refractivity contribution < 1.29 is 9.47 Å². The Balaban J connectivity index is 1.54. The summed E-state index contributed by atoms with van der Waals surface area (Å²) < 4.78 is 10.8. The topological polar surface area (TPSA) is 80.3 Å². The van der Waals surface area contributed by atoms with Gasteiger partial charge in [-0.15, -0.1) is 0 Å². The Morgan fingerprint density at radius 3 is 2.87 bits per heavy atom. The summed E-state index contributed by atoms with van der Waals surface area (Å²) in [6.07, 6.45) is 5.49. The molecule has 3 heterocycles. The first-order valence-corrected chi connectivity index (χ1v) is 10.1. The lowest BCUT2D eigenvalue weighted by molar-refractivity contribution is 0.196. The molecule has 7 heteroatoms. The third-order valence-electron chi connectivity index (χ3n) is 5.51. The monoisotopic (exact) mass is 406 g/mol. The van der Waals surface area contributed by atoms with Gasteiger partial charge in [0.1, 0.15) is 17.3 Å². The minimum atomic E-state index is -0.132.